The van der Waals surface area contributed by atoms with Crippen LogP contribution in [0.2, 0.25) is 0 Å². The first kappa shape index (κ1) is 14.6. The number of aliphatic hydroxyl groups is 2. The second-order valence-corrected chi connectivity index (χ2v) is 3.82. The van der Waals surface area contributed by atoms with Crippen LogP contribution in [0.25, 0.3) is 0 Å². The van der Waals surface area contributed by atoms with Crippen molar-refractivity contribution in [3.05, 3.63) is 0 Å². The van der Waals surface area contributed by atoms with E-state index in [-0.39, 0.29) is 18.9 Å². The molecule has 0 aromatic rings. The molecule has 0 saturated carbocycles. The summed E-state index contributed by atoms with van der Waals surface area (Å²) in [6.45, 7) is 0.196. The summed E-state index contributed by atoms with van der Waals surface area (Å²) >= 11 is 0. The van der Waals surface area contributed by atoms with Crippen LogP contribution in [0.1, 0.15) is 44.9 Å². The molecule has 90 valence electrons. The molecule has 0 heterocycles. The van der Waals surface area contributed by atoms with Gasteiger partial charge in [-0.2, -0.15) is 0 Å². The van der Waals surface area contributed by atoms with Crippen molar-refractivity contribution < 1.29 is 15.0 Å². The molecule has 0 aliphatic rings. The fourth-order valence-electron chi connectivity index (χ4n) is 1.45. The number of hydrogen-bond acceptors (Lipinski definition) is 4. The molecule has 0 amide bonds. The number of nitrogens with two attached hydrogens (primary N) is 1. The molecule has 0 bridgehead atoms. The molecule has 0 rings (SSSR count). The monoisotopic (exact) mass is 217 g/mol. The van der Waals surface area contributed by atoms with Gasteiger partial charge in [-0.15, -0.1) is 0 Å². The minimum absolute atomic E-state index is 0.0718. The van der Waals surface area contributed by atoms with Crippen LogP contribution >= 0.6 is 0 Å². The van der Waals surface area contributed by atoms with Gasteiger partial charge in [0.25, 0.3) is 0 Å². The molecule has 4 N–H and O–H groups in total. The van der Waals surface area contributed by atoms with E-state index in [0.29, 0.717) is 6.42 Å². The molecule has 0 aromatic carbocycles. The number of Topliss-reactive ketones (excluding diaryl/α,β-unsaturated/α-hetero) is 1. The largest absolute Gasteiger partial charge is 0.396 e. The molecular weight excluding hydrogens is 194 g/mol. The molecule has 0 radical (unpaired) electrons. The first-order chi connectivity index (χ1) is 7.22. The van der Waals surface area contributed by atoms with Gasteiger partial charge in [-0.05, 0) is 12.8 Å². The molecule has 0 aromatic heterocycles. The van der Waals surface area contributed by atoms with Crippen molar-refractivity contribution >= 4 is 5.78 Å². The zero-order chi connectivity index (χ0) is 11.5. The maximum Gasteiger partial charge on any atom is 0.174 e. The summed E-state index contributed by atoms with van der Waals surface area (Å²) in [6, 6.07) is 0. The molecule has 0 aliphatic carbocycles. The highest BCUT2D eigenvalue weighted by atomic mass is 16.3. The maximum atomic E-state index is 10.9. The number of hydrogen-bond donors (Lipinski definition) is 3. The Hall–Kier alpha value is -0.450. The van der Waals surface area contributed by atoms with Crippen LogP contribution in [-0.4, -0.2) is 35.3 Å². The van der Waals surface area contributed by atoms with Crippen LogP contribution in [0.15, 0.2) is 0 Å². The van der Waals surface area contributed by atoms with Crippen molar-refractivity contribution in [3.8, 4) is 0 Å². The van der Waals surface area contributed by atoms with Crippen LogP contribution in [0, 0.1) is 0 Å². The molecule has 1 atom stereocenters. The van der Waals surface area contributed by atoms with Gasteiger partial charge in [-0.25, -0.2) is 0 Å². The number of carbonyl (C=O) groups is 1. The Labute approximate surface area is 91.5 Å². The molecule has 0 saturated heterocycles. The summed E-state index contributed by atoms with van der Waals surface area (Å²) in [7, 11) is 0. The van der Waals surface area contributed by atoms with E-state index >= 15 is 0 Å². The number of ketones is 1. The van der Waals surface area contributed by atoms with Crippen molar-refractivity contribution in [3.63, 3.8) is 0 Å². The lowest BCUT2D eigenvalue weighted by Gasteiger charge is -2.07. The van der Waals surface area contributed by atoms with E-state index < -0.39 is 6.10 Å². The SMILES string of the molecule is NCC(=O)C(O)CCCCCCCCO. The average Bonchev–Trinajstić information content (AvgIpc) is 2.26. The van der Waals surface area contributed by atoms with Gasteiger partial charge in [0.1, 0.15) is 6.10 Å². The molecule has 1 unspecified atom stereocenters. The van der Waals surface area contributed by atoms with Crippen molar-refractivity contribution in [1.82, 2.24) is 0 Å². The van der Waals surface area contributed by atoms with E-state index in [1.54, 1.807) is 0 Å². The van der Waals surface area contributed by atoms with E-state index in [9.17, 15) is 9.90 Å². The highest BCUT2D eigenvalue weighted by Gasteiger charge is 2.11. The summed E-state index contributed by atoms with van der Waals surface area (Å²) in [5.41, 5.74) is 5.13. The molecule has 0 aliphatic heterocycles. The first-order valence-corrected chi connectivity index (χ1v) is 5.74. The van der Waals surface area contributed by atoms with Crippen molar-refractivity contribution in [1.29, 1.82) is 0 Å². The lowest BCUT2D eigenvalue weighted by atomic mass is 10.0. The quantitative estimate of drug-likeness (QED) is 0.468. The van der Waals surface area contributed by atoms with Gasteiger partial charge >= 0.3 is 0 Å². The predicted octanol–water partition coefficient (Wildman–Crippen LogP) is 0.598. The molecule has 0 spiro atoms. The van der Waals surface area contributed by atoms with Gasteiger partial charge in [-0.1, -0.05) is 32.1 Å². The third-order valence-corrected chi connectivity index (χ3v) is 2.46. The Morgan fingerprint density at radius 3 is 2.13 bits per heavy atom. The lowest BCUT2D eigenvalue weighted by molar-refractivity contribution is -0.126. The highest BCUT2D eigenvalue weighted by Crippen LogP contribution is 2.08. The normalized spacial score (nSPS) is 12.7. The van der Waals surface area contributed by atoms with E-state index in [2.05, 4.69) is 0 Å². The van der Waals surface area contributed by atoms with E-state index in [4.69, 9.17) is 10.8 Å². The van der Waals surface area contributed by atoms with Crippen molar-refractivity contribution in [2.75, 3.05) is 13.2 Å². The first-order valence-electron chi connectivity index (χ1n) is 5.74. The topological polar surface area (TPSA) is 83.6 Å². The summed E-state index contributed by atoms with van der Waals surface area (Å²) < 4.78 is 0. The van der Waals surface area contributed by atoms with Crippen LogP contribution in [0.3, 0.4) is 0 Å². The third-order valence-electron chi connectivity index (χ3n) is 2.46. The van der Waals surface area contributed by atoms with Crippen LogP contribution < -0.4 is 5.73 Å². The summed E-state index contributed by atoms with van der Waals surface area (Å²) in [5, 5.41) is 17.8. The van der Waals surface area contributed by atoms with E-state index in [0.717, 1.165) is 38.5 Å². The van der Waals surface area contributed by atoms with Crippen LogP contribution in [-0.2, 0) is 4.79 Å². The zero-order valence-electron chi connectivity index (χ0n) is 9.32. The van der Waals surface area contributed by atoms with Crippen molar-refractivity contribution in [2.45, 2.75) is 51.0 Å². The van der Waals surface area contributed by atoms with Gasteiger partial charge in [0.15, 0.2) is 5.78 Å². The number of rotatable bonds is 10. The van der Waals surface area contributed by atoms with Gasteiger partial charge in [0.2, 0.25) is 0 Å². The van der Waals surface area contributed by atoms with E-state index in [1.807, 2.05) is 0 Å². The minimum atomic E-state index is -0.868. The summed E-state index contributed by atoms with van der Waals surface area (Å²) in [5.74, 6) is -0.268. The predicted molar refractivity (Wildman–Crippen MR) is 59.5 cm³/mol. The zero-order valence-corrected chi connectivity index (χ0v) is 9.32. The van der Waals surface area contributed by atoms with Gasteiger partial charge in [0, 0.05) is 6.61 Å². The molecular formula is C11H23NO3. The molecule has 4 heteroatoms. The van der Waals surface area contributed by atoms with Gasteiger partial charge in [-0.3, -0.25) is 4.79 Å². The van der Waals surface area contributed by atoms with Crippen LogP contribution in [0.4, 0.5) is 0 Å². The third kappa shape index (κ3) is 8.54. The Morgan fingerprint density at radius 2 is 1.60 bits per heavy atom. The Kier molecular flexibility index (Phi) is 9.78. The Bertz CT molecular complexity index is 162. The minimum Gasteiger partial charge on any atom is -0.396 e. The summed E-state index contributed by atoms with van der Waals surface area (Å²) in [4.78, 5) is 10.9. The maximum absolute atomic E-state index is 10.9. The van der Waals surface area contributed by atoms with Gasteiger partial charge in [0.05, 0.1) is 6.54 Å². The molecule has 0 fully saturated rings. The second kappa shape index (κ2) is 10.1. The highest BCUT2D eigenvalue weighted by molar-refractivity contribution is 5.84. The van der Waals surface area contributed by atoms with Crippen molar-refractivity contribution in [2.24, 2.45) is 5.73 Å². The standard InChI is InChI=1S/C11H23NO3/c12-9-11(15)10(14)7-5-3-1-2-4-6-8-13/h10,13-14H,1-9,12H2. The lowest BCUT2D eigenvalue weighted by Crippen LogP contribution is -2.27. The second-order valence-electron chi connectivity index (χ2n) is 3.82. The molecule has 15 heavy (non-hydrogen) atoms. The fraction of sp³-hybridized carbons (Fsp3) is 0.909. The Balaban J connectivity index is 3.20. The number of aliphatic hydroxyl groups excluding tert-OH is 2. The Morgan fingerprint density at radius 1 is 1.07 bits per heavy atom. The fourth-order valence-corrected chi connectivity index (χ4v) is 1.45. The summed E-state index contributed by atoms with van der Waals surface area (Å²) in [6.07, 6.45) is 5.69. The smallest absolute Gasteiger partial charge is 0.174 e. The average molecular weight is 217 g/mol. The number of unbranched alkanes of at least 4 members (excludes halogenated alkanes) is 5. The number of carbonyl (C=O) groups excluding carboxylic acids is 1. The van der Waals surface area contributed by atoms with Gasteiger partial charge < -0.3 is 15.9 Å². The molecule has 4 nitrogen and oxygen atoms in total. The van der Waals surface area contributed by atoms with E-state index in [1.165, 1.54) is 0 Å². The van der Waals surface area contributed by atoms with Crippen LogP contribution in [0.5, 0.6) is 0 Å².